The molecule has 4 nitrogen and oxygen atoms in total. The van der Waals surface area contributed by atoms with Gasteiger partial charge in [-0.3, -0.25) is 4.79 Å². The number of carbonyl (C=O) groups is 1. The van der Waals surface area contributed by atoms with E-state index in [1.165, 1.54) is 12.3 Å². The largest absolute Gasteiger partial charge is 0.364 e. The molecule has 2 rings (SSSR count). The van der Waals surface area contributed by atoms with E-state index in [0.29, 0.717) is 5.82 Å². The zero-order valence-electron chi connectivity index (χ0n) is 8.84. The molecule has 1 aromatic heterocycles. The fourth-order valence-corrected chi connectivity index (χ4v) is 1.34. The second kappa shape index (κ2) is 4.10. The maximum Gasteiger partial charge on any atom is 0.267 e. The third-order valence-corrected chi connectivity index (χ3v) is 2.22. The molecule has 16 heavy (non-hydrogen) atoms. The lowest BCUT2D eigenvalue weighted by atomic mass is 10.1. The Bertz CT molecular complexity index is 520. The van der Waals surface area contributed by atoms with E-state index < -0.39 is 5.91 Å². The molecule has 1 aromatic carbocycles. The average molecular weight is 213 g/mol. The standard InChI is InChI=1S/C12H11N3O/c1-8-2-4-9(5-3-8)12-14-7-6-10(15-12)11(13)16/h2-7H,1H3,(H2,13,16). The van der Waals surface area contributed by atoms with Crippen molar-refractivity contribution in [3.05, 3.63) is 47.8 Å². The summed E-state index contributed by atoms with van der Waals surface area (Å²) < 4.78 is 0. The Morgan fingerprint density at radius 3 is 2.50 bits per heavy atom. The Labute approximate surface area is 93.2 Å². The number of carbonyl (C=O) groups excluding carboxylic acids is 1. The highest BCUT2D eigenvalue weighted by Gasteiger charge is 2.05. The molecule has 2 aromatic rings. The van der Waals surface area contributed by atoms with Crippen molar-refractivity contribution in [2.75, 3.05) is 0 Å². The Morgan fingerprint density at radius 2 is 1.88 bits per heavy atom. The van der Waals surface area contributed by atoms with Crippen LogP contribution in [-0.2, 0) is 0 Å². The van der Waals surface area contributed by atoms with Crippen LogP contribution in [-0.4, -0.2) is 15.9 Å². The number of nitrogens with zero attached hydrogens (tertiary/aromatic N) is 2. The van der Waals surface area contributed by atoms with Gasteiger partial charge in [0.05, 0.1) is 0 Å². The van der Waals surface area contributed by atoms with Crippen molar-refractivity contribution in [1.29, 1.82) is 0 Å². The van der Waals surface area contributed by atoms with Crippen LogP contribution in [0.3, 0.4) is 0 Å². The van der Waals surface area contributed by atoms with Crippen LogP contribution >= 0.6 is 0 Å². The smallest absolute Gasteiger partial charge is 0.267 e. The lowest BCUT2D eigenvalue weighted by Gasteiger charge is -2.01. The zero-order valence-corrected chi connectivity index (χ0v) is 8.84. The Kier molecular flexibility index (Phi) is 2.64. The quantitative estimate of drug-likeness (QED) is 0.822. The van der Waals surface area contributed by atoms with Crippen molar-refractivity contribution in [2.24, 2.45) is 5.73 Å². The van der Waals surface area contributed by atoms with Crippen molar-refractivity contribution < 1.29 is 4.79 Å². The lowest BCUT2D eigenvalue weighted by Crippen LogP contribution is -2.13. The molecule has 1 heterocycles. The van der Waals surface area contributed by atoms with Crippen molar-refractivity contribution in [3.63, 3.8) is 0 Å². The van der Waals surface area contributed by atoms with E-state index in [4.69, 9.17) is 5.73 Å². The first-order chi connectivity index (χ1) is 7.66. The summed E-state index contributed by atoms with van der Waals surface area (Å²) >= 11 is 0. The molecule has 0 saturated heterocycles. The number of primary amides is 1. The van der Waals surface area contributed by atoms with Gasteiger partial charge in [-0.05, 0) is 13.0 Å². The second-order valence-electron chi connectivity index (χ2n) is 3.50. The van der Waals surface area contributed by atoms with Crippen molar-refractivity contribution in [2.45, 2.75) is 6.92 Å². The molecule has 0 saturated carbocycles. The number of amides is 1. The molecule has 2 N–H and O–H groups in total. The number of hydrogen-bond acceptors (Lipinski definition) is 3. The molecular weight excluding hydrogens is 202 g/mol. The van der Waals surface area contributed by atoms with Gasteiger partial charge >= 0.3 is 0 Å². The molecule has 0 radical (unpaired) electrons. The minimum atomic E-state index is -0.546. The monoisotopic (exact) mass is 213 g/mol. The number of rotatable bonds is 2. The molecule has 0 bridgehead atoms. The van der Waals surface area contributed by atoms with Gasteiger partial charge < -0.3 is 5.73 Å². The predicted molar refractivity (Wildman–Crippen MR) is 60.7 cm³/mol. The summed E-state index contributed by atoms with van der Waals surface area (Å²) in [5, 5.41) is 0. The summed E-state index contributed by atoms with van der Waals surface area (Å²) in [7, 11) is 0. The van der Waals surface area contributed by atoms with E-state index >= 15 is 0 Å². The van der Waals surface area contributed by atoms with Gasteiger partial charge in [-0.1, -0.05) is 29.8 Å². The summed E-state index contributed by atoms with van der Waals surface area (Å²) in [5.41, 5.74) is 7.41. The van der Waals surface area contributed by atoms with E-state index in [9.17, 15) is 4.79 Å². The van der Waals surface area contributed by atoms with Crippen molar-refractivity contribution in [1.82, 2.24) is 9.97 Å². The number of benzene rings is 1. The van der Waals surface area contributed by atoms with Crippen LogP contribution in [0.2, 0.25) is 0 Å². The van der Waals surface area contributed by atoms with E-state index in [1.54, 1.807) is 0 Å². The number of aryl methyl sites for hydroxylation is 1. The van der Waals surface area contributed by atoms with Crippen LogP contribution < -0.4 is 5.73 Å². The van der Waals surface area contributed by atoms with Gasteiger partial charge in [-0.25, -0.2) is 9.97 Å². The summed E-state index contributed by atoms with van der Waals surface area (Å²) in [6.07, 6.45) is 1.53. The van der Waals surface area contributed by atoms with Gasteiger partial charge in [0.15, 0.2) is 5.82 Å². The highest BCUT2D eigenvalue weighted by molar-refractivity contribution is 5.91. The summed E-state index contributed by atoms with van der Waals surface area (Å²) in [6, 6.07) is 9.26. The summed E-state index contributed by atoms with van der Waals surface area (Å²) in [5.74, 6) is -0.0351. The topological polar surface area (TPSA) is 68.9 Å². The molecular formula is C12H11N3O. The van der Waals surface area contributed by atoms with Gasteiger partial charge in [-0.2, -0.15) is 0 Å². The van der Waals surface area contributed by atoms with Crippen molar-refractivity contribution >= 4 is 5.91 Å². The fraction of sp³-hybridized carbons (Fsp3) is 0.0833. The minimum absolute atomic E-state index is 0.227. The Balaban J connectivity index is 2.44. The van der Waals surface area contributed by atoms with Crippen LogP contribution in [0.5, 0.6) is 0 Å². The molecule has 4 heteroatoms. The van der Waals surface area contributed by atoms with Gasteiger partial charge in [0.1, 0.15) is 5.69 Å². The first-order valence-corrected chi connectivity index (χ1v) is 4.87. The van der Waals surface area contributed by atoms with Crippen LogP contribution in [0.4, 0.5) is 0 Å². The maximum atomic E-state index is 11.0. The molecule has 0 unspecified atom stereocenters. The SMILES string of the molecule is Cc1ccc(-c2nccc(C(N)=O)n2)cc1. The first-order valence-electron chi connectivity index (χ1n) is 4.87. The first kappa shape index (κ1) is 10.3. The maximum absolute atomic E-state index is 11.0. The van der Waals surface area contributed by atoms with Gasteiger partial charge in [-0.15, -0.1) is 0 Å². The summed E-state index contributed by atoms with van der Waals surface area (Å²) in [4.78, 5) is 19.2. The Morgan fingerprint density at radius 1 is 1.19 bits per heavy atom. The highest BCUT2D eigenvalue weighted by atomic mass is 16.1. The predicted octanol–water partition coefficient (Wildman–Crippen LogP) is 1.55. The van der Waals surface area contributed by atoms with E-state index in [0.717, 1.165) is 11.1 Å². The molecule has 0 fully saturated rings. The molecule has 1 amide bonds. The Hall–Kier alpha value is -2.23. The minimum Gasteiger partial charge on any atom is -0.364 e. The third kappa shape index (κ3) is 2.06. The van der Waals surface area contributed by atoms with Crippen LogP contribution in [0, 0.1) is 6.92 Å². The number of aromatic nitrogens is 2. The molecule has 0 aliphatic heterocycles. The van der Waals surface area contributed by atoms with E-state index in [2.05, 4.69) is 9.97 Å². The van der Waals surface area contributed by atoms with E-state index in [1.807, 2.05) is 31.2 Å². The number of hydrogen-bond donors (Lipinski definition) is 1. The van der Waals surface area contributed by atoms with Crippen molar-refractivity contribution in [3.8, 4) is 11.4 Å². The van der Waals surface area contributed by atoms with Gasteiger partial charge in [0.2, 0.25) is 0 Å². The third-order valence-electron chi connectivity index (χ3n) is 2.22. The van der Waals surface area contributed by atoms with Gasteiger partial charge in [0.25, 0.3) is 5.91 Å². The normalized spacial score (nSPS) is 10.1. The molecule has 0 spiro atoms. The zero-order chi connectivity index (χ0) is 11.5. The average Bonchev–Trinajstić information content (AvgIpc) is 2.30. The van der Waals surface area contributed by atoms with Crippen LogP contribution in [0.25, 0.3) is 11.4 Å². The lowest BCUT2D eigenvalue weighted by molar-refractivity contribution is 0.0995. The van der Waals surface area contributed by atoms with Gasteiger partial charge in [0, 0.05) is 11.8 Å². The number of nitrogens with two attached hydrogens (primary N) is 1. The molecule has 0 aliphatic rings. The summed E-state index contributed by atoms with van der Waals surface area (Å²) in [6.45, 7) is 2.00. The van der Waals surface area contributed by atoms with Crippen LogP contribution in [0.15, 0.2) is 36.5 Å². The second-order valence-corrected chi connectivity index (χ2v) is 3.50. The van der Waals surface area contributed by atoms with Crippen LogP contribution in [0.1, 0.15) is 16.1 Å². The molecule has 80 valence electrons. The fourth-order valence-electron chi connectivity index (χ4n) is 1.34. The van der Waals surface area contributed by atoms with E-state index in [-0.39, 0.29) is 5.69 Å². The molecule has 0 aliphatic carbocycles. The highest BCUT2D eigenvalue weighted by Crippen LogP contribution is 2.14. The molecule has 0 atom stereocenters.